The summed E-state index contributed by atoms with van der Waals surface area (Å²) in [5.74, 6) is 0.810. The Morgan fingerprint density at radius 3 is 2.88 bits per heavy atom. The van der Waals surface area contributed by atoms with Crippen LogP contribution in [0.4, 0.5) is 5.82 Å². The molecule has 0 radical (unpaired) electrons. The van der Waals surface area contributed by atoms with Crippen LogP contribution in [0, 0.1) is 0 Å². The van der Waals surface area contributed by atoms with E-state index in [0.29, 0.717) is 23.4 Å². The quantitative estimate of drug-likeness (QED) is 0.497. The second-order valence-corrected chi connectivity index (χ2v) is 6.49. The van der Waals surface area contributed by atoms with Gasteiger partial charge in [-0.2, -0.15) is 12.6 Å². The Morgan fingerprint density at radius 1 is 1.46 bits per heavy atom. The number of fused-ring (bicyclic) bond motifs is 1. The maximum Gasteiger partial charge on any atom is 0.306 e. The number of hydrogen-bond acceptors (Lipinski definition) is 9. The van der Waals surface area contributed by atoms with Gasteiger partial charge in [-0.25, -0.2) is 15.0 Å². The van der Waals surface area contributed by atoms with Gasteiger partial charge in [0.2, 0.25) is 0 Å². The molecule has 3 rings (SSSR count). The minimum absolute atomic E-state index is 0.198. The number of nitrogens with two attached hydrogens (primary N) is 1. The molecule has 10 heteroatoms. The third-order valence-corrected chi connectivity index (χ3v) is 4.72. The summed E-state index contributed by atoms with van der Waals surface area (Å²) in [6, 6.07) is 0. The number of imidazole rings is 1. The second-order valence-electron chi connectivity index (χ2n) is 6.13. The molecular formula is C16H23N5O4S. The Bertz CT molecular complexity index is 798. The summed E-state index contributed by atoms with van der Waals surface area (Å²) in [6.45, 7) is 3.72. The number of aliphatic hydroxyl groups excluding tert-OH is 1. The van der Waals surface area contributed by atoms with Crippen molar-refractivity contribution in [1.29, 1.82) is 0 Å². The number of ether oxygens (including phenoxy) is 2. The van der Waals surface area contributed by atoms with Crippen LogP contribution in [-0.4, -0.2) is 54.7 Å². The van der Waals surface area contributed by atoms with E-state index in [0.717, 1.165) is 6.42 Å². The van der Waals surface area contributed by atoms with Crippen molar-refractivity contribution < 1.29 is 19.4 Å². The largest absolute Gasteiger partial charge is 0.455 e. The summed E-state index contributed by atoms with van der Waals surface area (Å²) in [6.07, 6.45) is -0.207. The lowest BCUT2D eigenvalue weighted by molar-refractivity contribution is -0.158. The molecule has 0 bridgehead atoms. The Kier molecular flexibility index (Phi) is 5.64. The molecule has 0 spiro atoms. The predicted molar refractivity (Wildman–Crippen MR) is 97.7 cm³/mol. The highest BCUT2D eigenvalue weighted by atomic mass is 32.1. The first kappa shape index (κ1) is 18.9. The van der Waals surface area contributed by atoms with Gasteiger partial charge in [0.1, 0.15) is 18.3 Å². The lowest BCUT2D eigenvalue weighted by Gasteiger charge is -2.23. The number of nitrogen functional groups attached to an aromatic ring is 1. The number of esters is 1. The highest BCUT2D eigenvalue weighted by Gasteiger charge is 2.47. The number of nitrogens with zero attached hydrogens (tertiary/aromatic N) is 4. The minimum atomic E-state index is -1.00. The fourth-order valence-electron chi connectivity index (χ4n) is 3.08. The van der Waals surface area contributed by atoms with Gasteiger partial charge < -0.3 is 20.3 Å². The van der Waals surface area contributed by atoms with Crippen molar-refractivity contribution in [2.45, 2.75) is 57.6 Å². The van der Waals surface area contributed by atoms with Crippen LogP contribution in [0.15, 0.2) is 6.33 Å². The zero-order valence-electron chi connectivity index (χ0n) is 14.7. The van der Waals surface area contributed by atoms with E-state index < -0.39 is 30.5 Å². The smallest absolute Gasteiger partial charge is 0.306 e. The second kappa shape index (κ2) is 7.77. The van der Waals surface area contributed by atoms with Crippen molar-refractivity contribution in [3.05, 3.63) is 12.2 Å². The van der Waals surface area contributed by atoms with Crippen LogP contribution in [0.2, 0.25) is 0 Å². The molecule has 1 aliphatic heterocycles. The van der Waals surface area contributed by atoms with Gasteiger partial charge in [-0.3, -0.25) is 9.36 Å². The number of anilines is 1. The van der Waals surface area contributed by atoms with Crippen LogP contribution in [0.3, 0.4) is 0 Å². The van der Waals surface area contributed by atoms with E-state index in [1.165, 1.54) is 6.33 Å². The number of rotatable bonds is 6. The lowest BCUT2D eigenvalue weighted by Crippen LogP contribution is -2.36. The standard InChI is InChI=1S/C16H23N5O4S/c1-3-5-9-20-11-14(17)18-7-19-15(11)21(9)16-13(25-10(22)4-2)12(23)8(6-26)24-16/h7-8,12-13,16,23,26H,3-6H2,1-2H3,(H2,17,18,19)/t8-,12-,13-,16-/m1/s1. The van der Waals surface area contributed by atoms with Crippen molar-refractivity contribution in [1.82, 2.24) is 19.5 Å². The van der Waals surface area contributed by atoms with Crippen LogP contribution in [-0.2, 0) is 20.7 Å². The topological polar surface area (TPSA) is 125 Å². The molecule has 142 valence electrons. The average Bonchev–Trinajstić information content (AvgIpc) is 3.14. The van der Waals surface area contributed by atoms with E-state index in [1.807, 2.05) is 6.92 Å². The van der Waals surface area contributed by atoms with E-state index in [1.54, 1.807) is 11.5 Å². The molecule has 26 heavy (non-hydrogen) atoms. The predicted octanol–water partition coefficient (Wildman–Crippen LogP) is 0.871. The maximum atomic E-state index is 11.9. The molecule has 2 aromatic rings. The SMILES string of the molecule is CCCc1nc2c(N)ncnc2n1[C@@H]1O[C@H](CS)[C@@H](O)[C@H]1OC(=O)CC. The Labute approximate surface area is 156 Å². The Balaban J connectivity index is 2.11. The Morgan fingerprint density at radius 2 is 2.23 bits per heavy atom. The van der Waals surface area contributed by atoms with Crippen molar-refractivity contribution in [3.8, 4) is 0 Å². The molecule has 1 fully saturated rings. The maximum absolute atomic E-state index is 11.9. The van der Waals surface area contributed by atoms with Crippen molar-refractivity contribution in [3.63, 3.8) is 0 Å². The highest BCUT2D eigenvalue weighted by Crippen LogP contribution is 2.36. The van der Waals surface area contributed by atoms with Gasteiger partial charge in [0.15, 0.2) is 29.3 Å². The molecule has 0 amide bonds. The third kappa shape index (κ3) is 3.24. The van der Waals surface area contributed by atoms with Gasteiger partial charge in [-0.15, -0.1) is 0 Å². The summed E-state index contributed by atoms with van der Waals surface area (Å²) in [7, 11) is 0. The molecular weight excluding hydrogens is 358 g/mol. The minimum Gasteiger partial charge on any atom is -0.455 e. The molecule has 3 heterocycles. The first-order chi connectivity index (χ1) is 12.5. The van der Waals surface area contributed by atoms with Crippen LogP contribution in [0.25, 0.3) is 11.2 Å². The van der Waals surface area contributed by atoms with Crippen molar-refractivity contribution in [2.24, 2.45) is 0 Å². The molecule has 2 aromatic heterocycles. The molecule has 0 unspecified atom stereocenters. The summed E-state index contributed by atoms with van der Waals surface area (Å²) in [4.78, 5) is 24.7. The molecule has 3 N–H and O–H groups in total. The number of aryl methyl sites for hydroxylation is 1. The van der Waals surface area contributed by atoms with Gasteiger partial charge in [-0.05, 0) is 6.42 Å². The summed E-state index contributed by atoms with van der Waals surface area (Å²) < 4.78 is 13.2. The normalized spacial score (nSPS) is 25.7. The number of hydrogen-bond donors (Lipinski definition) is 3. The van der Waals surface area contributed by atoms with Crippen LogP contribution in [0.5, 0.6) is 0 Å². The first-order valence-corrected chi connectivity index (χ1v) is 9.26. The first-order valence-electron chi connectivity index (χ1n) is 8.62. The van der Waals surface area contributed by atoms with E-state index in [-0.39, 0.29) is 18.0 Å². The van der Waals surface area contributed by atoms with Gasteiger partial charge in [0.05, 0.1) is 6.10 Å². The van der Waals surface area contributed by atoms with Gasteiger partial charge in [0, 0.05) is 18.6 Å². The van der Waals surface area contributed by atoms with E-state index in [4.69, 9.17) is 15.2 Å². The summed E-state index contributed by atoms with van der Waals surface area (Å²) in [5.41, 5.74) is 6.88. The molecule has 0 aliphatic carbocycles. The third-order valence-electron chi connectivity index (χ3n) is 4.36. The molecule has 4 atom stereocenters. The fourth-order valence-corrected chi connectivity index (χ4v) is 3.38. The van der Waals surface area contributed by atoms with Crippen LogP contribution in [0.1, 0.15) is 38.7 Å². The Hall–Kier alpha value is -1.91. The lowest BCUT2D eigenvalue weighted by atomic mass is 10.1. The van der Waals surface area contributed by atoms with Crippen molar-refractivity contribution >= 4 is 35.6 Å². The van der Waals surface area contributed by atoms with Gasteiger partial charge in [-0.1, -0.05) is 13.8 Å². The summed E-state index contributed by atoms with van der Waals surface area (Å²) >= 11 is 4.23. The van der Waals surface area contributed by atoms with Crippen LogP contribution >= 0.6 is 12.6 Å². The highest BCUT2D eigenvalue weighted by molar-refractivity contribution is 7.80. The van der Waals surface area contributed by atoms with Gasteiger partial charge in [0.25, 0.3) is 0 Å². The summed E-state index contributed by atoms with van der Waals surface area (Å²) in [5, 5.41) is 10.6. The fraction of sp³-hybridized carbons (Fsp3) is 0.625. The molecule has 1 saturated heterocycles. The monoisotopic (exact) mass is 381 g/mol. The molecule has 1 aliphatic rings. The molecule has 0 saturated carbocycles. The van der Waals surface area contributed by atoms with Gasteiger partial charge >= 0.3 is 5.97 Å². The number of aromatic nitrogens is 4. The average molecular weight is 381 g/mol. The van der Waals surface area contributed by atoms with E-state index >= 15 is 0 Å². The number of aliphatic hydroxyl groups is 1. The zero-order valence-corrected chi connectivity index (χ0v) is 15.6. The number of carbonyl (C=O) groups excluding carboxylic acids is 1. The molecule has 9 nitrogen and oxygen atoms in total. The van der Waals surface area contributed by atoms with E-state index in [2.05, 4.69) is 27.6 Å². The number of thiol groups is 1. The van der Waals surface area contributed by atoms with Crippen molar-refractivity contribution in [2.75, 3.05) is 11.5 Å². The van der Waals surface area contributed by atoms with Crippen LogP contribution < -0.4 is 5.73 Å². The molecule has 0 aromatic carbocycles. The van der Waals surface area contributed by atoms with E-state index in [9.17, 15) is 9.90 Å². The zero-order chi connectivity index (χ0) is 18.8. The number of carbonyl (C=O) groups is 1.